The van der Waals surface area contributed by atoms with Gasteiger partial charge in [-0.05, 0) is 60.2 Å². The molecule has 0 aromatic heterocycles. The summed E-state index contributed by atoms with van der Waals surface area (Å²) in [4.78, 5) is 35.2. The molecule has 2 amide bonds. The number of non-ortho nitro benzene ring substituents is 1. The second-order valence-corrected chi connectivity index (χ2v) is 6.40. The summed E-state index contributed by atoms with van der Waals surface area (Å²) in [6.07, 6.45) is 2.82. The quantitative estimate of drug-likeness (QED) is 0.334. The maximum atomic E-state index is 12.7. The number of ether oxygens (including phenoxy) is 1. The van der Waals surface area contributed by atoms with Gasteiger partial charge in [-0.3, -0.25) is 19.7 Å². The third-order valence-corrected chi connectivity index (χ3v) is 4.31. The summed E-state index contributed by atoms with van der Waals surface area (Å²) < 4.78 is 5.10. The van der Waals surface area contributed by atoms with Gasteiger partial charge in [-0.15, -0.1) is 0 Å². The molecule has 3 rings (SSSR count). The Morgan fingerprint density at radius 2 is 1.61 bits per heavy atom. The standard InChI is InChI=1S/C23H19N3O5/c1-31-19-13-9-17(10-14-19)24-23(28)20-4-2-3-5-21(20)25-22(27)15-8-16-6-11-18(12-7-16)26(29)30/h2-15H,1H3,(H,24,28)(H,25,27). The molecule has 2 N–H and O–H groups in total. The largest absolute Gasteiger partial charge is 0.497 e. The van der Waals surface area contributed by atoms with Gasteiger partial charge >= 0.3 is 0 Å². The highest BCUT2D eigenvalue weighted by molar-refractivity contribution is 6.11. The van der Waals surface area contributed by atoms with Gasteiger partial charge in [-0.2, -0.15) is 0 Å². The number of hydrogen-bond acceptors (Lipinski definition) is 5. The molecule has 8 heteroatoms. The zero-order chi connectivity index (χ0) is 22.2. The van der Waals surface area contributed by atoms with Crippen LogP contribution in [-0.2, 0) is 4.79 Å². The van der Waals surface area contributed by atoms with Crippen LogP contribution in [0.1, 0.15) is 15.9 Å². The van der Waals surface area contributed by atoms with Crippen LogP contribution in [0.5, 0.6) is 5.75 Å². The highest BCUT2D eigenvalue weighted by Gasteiger charge is 2.12. The van der Waals surface area contributed by atoms with Crippen molar-refractivity contribution in [2.45, 2.75) is 0 Å². The van der Waals surface area contributed by atoms with E-state index < -0.39 is 10.8 Å². The fourth-order valence-electron chi connectivity index (χ4n) is 2.72. The first-order chi connectivity index (χ1) is 15.0. The fraction of sp³-hybridized carbons (Fsp3) is 0.0435. The molecule has 0 heterocycles. The molecule has 3 aromatic carbocycles. The van der Waals surface area contributed by atoms with E-state index in [2.05, 4.69) is 10.6 Å². The summed E-state index contributed by atoms with van der Waals surface area (Å²) in [7, 11) is 1.56. The van der Waals surface area contributed by atoms with Gasteiger partial charge in [0.2, 0.25) is 5.91 Å². The maximum Gasteiger partial charge on any atom is 0.269 e. The van der Waals surface area contributed by atoms with E-state index in [0.29, 0.717) is 28.3 Å². The van der Waals surface area contributed by atoms with Crippen molar-refractivity contribution in [2.75, 3.05) is 17.7 Å². The Hall–Kier alpha value is -4.46. The maximum absolute atomic E-state index is 12.7. The number of anilines is 2. The number of rotatable bonds is 7. The first-order valence-corrected chi connectivity index (χ1v) is 9.24. The van der Waals surface area contributed by atoms with Gasteiger partial charge < -0.3 is 15.4 Å². The summed E-state index contributed by atoms with van der Waals surface area (Å²) >= 11 is 0. The highest BCUT2D eigenvalue weighted by Crippen LogP contribution is 2.20. The van der Waals surface area contributed by atoms with Crippen molar-refractivity contribution in [1.82, 2.24) is 0 Å². The lowest BCUT2D eigenvalue weighted by Crippen LogP contribution is -2.17. The molecule has 8 nitrogen and oxygen atoms in total. The van der Waals surface area contributed by atoms with E-state index in [9.17, 15) is 19.7 Å². The van der Waals surface area contributed by atoms with E-state index in [1.54, 1.807) is 55.6 Å². The molecule has 0 bridgehead atoms. The monoisotopic (exact) mass is 417 g/mol. The second-order valence-electron chi connectivity index (χ2n) is 6.40. The number of benzene rings is 3. The predicted octanol–water partition coefficient (Wildman–Crippen LogP) is 4.51. The number of carbonyl (C=O) groups excluding carboxylic acids is 2. The normalized spacial score (nSPS) is 10.5. The number of amides is 2. The molecule has 156 valence electrons. The minimum Gasteiger partial charge on any atom is -0.497 e. The Bertz CT molecular complexity index is 1120. The number of hydrogen-bond donors (Lipinski definition) is 2. The molecular weight excluding hydrogens is 398 g/mol. The summed E-state index contributed by atoms with van der Waals surface area (Å²) in [5.74, 6) is -0.145. The van der Waals surface area contributed by atoms with Gasteiger partial charge in [0, 0.05) is 23.9 Å². The number of nitro benzene ring substituents is 1. The first kappa shape index (κ1) is 21.3. The Balaban J connectivity index is 1.68. The average Bonchev–Trinajstić information content (AvgIpc) is 2.79. The summed E-state index contributed by atoms with van der Waals surface area (Å²) in [6.45, 7) is 0. The van der Waals surface area contributed by atoms with Crippen LogP contribution < -0.4 is 15.4 Å². The molecule has 0 radical (unpaired) electrons. The topological polar surface area (TPSA) is 111 Å². The first-order valence-electron chi connectivity index (χ1n) is 9.24. The zero-order valence-corrected chi connectivity index (χ0v) is 16.6. The number of nitro groups is 1. The molecule has 0 spiro atoms. The number of para-hydroxylation sites is 1. The Morgan fingerprint density at radius 1 is 0.935 bits per heavy atom. The van der Waals surface area contributed by atoms with E-state index in [1.807, 2.05) is 0 Å². The summed E-state index contributed by atoms with van der Waals surface area (Å²) in [5, 5.41) is 16.2. The molecular formula is C23H19N3O5. The van der Waals surface area contributed by atoms with Crippen LogP contribution in [0, 0.1) is 10.1 Å². The van der Waals surface area contributed by atoms with Gasteiger partial charge in [0.15, 0.2) is 0 Å². The van der Waals surface area contributed by atoms with Gasteiger partial charge in [0.25, 0.3) is 11.6 Å². The van der Waals surface area contributed by atoms with Gasteiger partial charge in [0.1, 0.15) is 5.75 Å². The Kier molecular flexibility index (Phi) is 6.74. The molecule has 0 aliphatic carbocycles. The Morgan fingerprint density at radius 3 is 2.26 bits per heavy atom. The van der Waals surface area contributed by atoms with E-state index >= 15 is 0 Å². The van der Waals surface area contributed by atoms with Crippen molar-refractivity contribution in [3.8, 4) is 5.75 Å². The van der Waals surface area contributed by atoms with Crippen molar-refractivity contribution in [2.24, 2.45) is 0 Å². The van der Waals surface area contributed by atoms with E-state index in [1.165, 1.54) is 36.4 Å². The summed E-state index contributed by atoms with van der Waals surface area (Å²) in [6, 6.07) is 19.3. The lowest BCUT2D eigenvalue weighted by atomic mass is 10.1. The second kappa shape index (κ2) is 9.84. The van der Waals surface area contributed by atoms with Crippen molar-refractivity contribution in [3.63, 3.8) is 0 Å². The van der Waals surface area contributed by atoms with Crippen LogP contribution in [0.4, 0.5) is 17.1 Å². The molecule has 0 saturated heterocycles. The smallest absolute Gasteiger partial charge is 0.269 e. The highest BCUT2D eigenvalue weighted by atomic mass is 16.6. The van der Waals surface area contributed by atoms with Crippen LogP contribution in [0.3, 0.4) is 0 Å². The lowest BCUT2D eigenvalue weighted by Gasteiger charge is -2.11. The van der Waals surface area contributed by atoms with E-state index in [4.69, 9.17) is 4.74 Å². The van der Waals surface area contributed by atoms with Crippen LogP contribution >= 0.6 is 0 Å². The zero-order valence-electron chi connectivity index (χ0n) is 16.6. The lowest BCUT2D eigenvalue weighted by molar-refractivity contribution is -0.384. The van der Waals surface area contributed by atoms with Crippen molar-refractivity contribution < 1.29 is 19.2 Å². The predicted molar refractivity (Wildman–Crippen MR) is 118 cm³/mol. The average molecular weight is 417 g/mol. The molecule has 0 fully saturated rings. The molecule has 3 aromatic rings. The van der Waals surface area contributed by atoms with Crippen LogP contribution in [0.15, 0.2) is 78.9 Å². The molecule has 0 saturated carbocycles. The minimum absolute atomic E-state index is 0.0293. The van der Waals surface area contributed by atoms with Crippen molar-refractivity contribution >= 4 is 35.0 Å². The third kappa shape index (κ3) is 5.77. The van der Waals surface area contributed by atoms with Crippen LogP contribution in [0.25, 0.3) is 6.08 Å². The number of nitrogens with zero attached hydrogens (tertiary/aromatic N) is 1. The molecule has 31 heavy (non-hydrogen) atoms. The van der Waals surface area contributed by atoms with E-state index in [-0.39, 0.29) is 11.6 Å². The SMILES string of the molecule is COc1ccc(NC(=O)c2ccccc2NC(=O)C=Cc2ccc([N+](=O)[O-])cc2)cc1. The third-order valence-electron chi connectivity index (χ3n) is 4.31. The van der Waals surface area contributed by atoms with Crippen LogP contribution in [-0.4, -0.2) is 23.8 Å². The fourth-order valence-corrected chi connectivity index (χ4v) is 2.72. The van der Waals surface area contributed by atoms with Crippen molar-refractivity contribution in [1.29, 1.82) is 0 Å². The number of carbonyl (C=O) groups is 2. The molecule has 0 atom stereocenters. The van der Waals surface area contributed by atoms with Gasteiger partial charge in [-0.25, -0.2) is 0 Å². The minimum atomic E-state index is -0.492. The number of nitrogens with one attached hydrogen (secondary N) is 2. The van der Waals surface area contributed by atoms with E-state index in [0.717, 1.165) is 0 Å². The van der Waals surface area contributed by atoms with Gasteiger partial charge in [0.05, 0.1) is 23.3 Å². The van der Waals surface area contributed by atoms with Gasteiger partial charge in [-0.1, -0.05) is 12.1 Å². The van der Waals surface area contributed by atoms with Crippen molar-refractivity contribution in [3.05, 3.63) is 100 Å². The van der Waals surface area contributed by atoms with Crippen LogP contribution in [0.2, 0.25) is 0 Å². The number of methoxy groups -OCH3 is 1. The molecule has 0 aliphatic heterocycles. The molecule has 0 unspecified atom stereocenters. The Labute approximate surface area is 178 Å². The molecule has 0 aliphatic rings. The summed E-state index contributed by atoms with van der Waals surface area (Å²) in [5.41, 5.74) is 1.84.